The molecule has 4 aromatic rings. The summed E-state index contributed by atoms with van der Waals surface area (Å²) >= 11 is 0. The molecule has 0 radical (unpaired) electrons. The summed E-state index contributed by atoms with van der Waals surface area (Å²) in [4.78, 5) is 16.9. The fourth-order valence-electron chi connectivity index (χ4n) is 4.06. The molecule has 0 unspecified atom stereocenters. The maximum atomic E-state index is 12.7. The Kier molecular flexibility index (Phi) is 5.45. The van der Waals surface area contributed by atoms with Crippen molar-refractivity contribution < 1.29 is 9.53 Å². The molecular weight excluding hydrogens is 392 g/mol. The van der Waals surface area contributed by atoms with Gasteiger partial charge in [-0.1, -0.05) is 12.1 Å². The highest BCUT2D eigenvalue weighted by molar-refractivity contribution is 5.98. The molecule has 0 spiro atoms. The topological polar surface area (TPSA) is 109 Å². The molecule has 2 aromatic heterocycles. The van der Waals surface area contributed by atoms with Gasteiger partial charge in [0.2, 0.25) is 0 Å². The minimum Gasteiger partial charge on any atom is -0.381 e. The van der Waals surface area contributed by atoms with Gasteiger partial charge in [0.15, 0.2) is 5.82 Å². The molecule has 0 saturated carbocycles. The highest BCUT2D eigenvalue weighted by Crippen LogP contribution is 2.30. The Labute approximate surface area is 179 Å². The number of fused-ring (bicyclic) bond motifs is 1. The van der Waals surface area contributed by atoms with E-state index in [-0.39, 0.29) is 5.91 Å². The maximum Gasteiger partial charge on any atom is 0.251 e. The Morgan fingerprint density at radius 1 is 1.10 bits per heavy atom. The first kappa shape index (κ1) is 19.4. The molecule has 1 aliphatic heterocycles. The van der Waals surface area contributed by atoms with E-state index >= 15 is 0 Å². The van der Waals surface area contributed by atoms with Gasteiger partial charge in [-0.3, -0.25) is 15.0 Å². The Bertz CT molecular complexity index is 1180. The van der Waals surface area contributed by atoms with Crippen molar-refractivity contribution in [2.75, 3.05) is 19.8 Å². The fourth-order valence-corrected chi connectivity index (χ4v) is 4.06. The van der Waals surface area contributed by atoms with Crippen molar-refractivity contribution in [2.45, 2.75) is 19.3 Å². The zero-order valence-electron chi connectivity index (χ0n) is 17.1. The van der Waals surface area contributed by atoms with Gasteiger partial charge in [0.05, 0.1) is 11.2 Å². The molecule has 1 amide bonds. The van der Waals surface area contributed by atoms with Crippen LogP contribution in [0.4, 0.5) is 0 Å². The second kappa shape index (κ2) is 8.69. The number of aromatic amines is 2. The number of hydrogen-bond donors (Lipinski definition) is 3. The third kappa shape index (κ3) is 4.20. The maximum absolute atomic E-state index is 12.7. The predicted molar refractivity (Wildman–Crippen MR) is 117 cm³/mol. The zero-order chi connectivity index (χ0) is 21.0. The number of carbonyl (C=O) groups excluding carboxylic acids is 1. The van der Waals surface area contributed by atoms with Crippen LogP contribution in [0, 0.1) is 5.92 Å². The lowest BCUT2D eigenvalue weighted by atomic mass is 9.96. The zero-order valence-corrected chi connectivity index (χ0v) is 17.1. The van der Waals surface area contributed by atoms with Gasteiger partial charge < -0.3 is 10.1 Å². The summed E-state index contributed by atoms with van der Waals surface area (Å²) in [7, 11) is 0. The number of aromatic nitrogens is 5. The van der Waals surface area contributed by atoms with E-state index in [0.29, 0.717) is 23.9 Å². The van der Waals surface area contributed by atoms with E-state index in [2.05, 4.69) is 30.7 Å². The van der Waals surface area contributed by atoms with Crippen LogP contribution in [-0.4, -0.2) is 51.0 Å². The first-order valence-corrected chi connectivity index (χ1v) is 10.6. The molecule has 0 atom stereocenters. The van der Waals surface area contributed by atoms with E-state index in [0.717, 1.165) is 60.2 Å². The number of nitrogens with one attached hydrogen (secondary N) is 3. The molecule has 31 heavy (non-hydrogen) atoms. The lowest BCUT2D eigenvalue weighted by Crippen LogP contribution is -2.27. The van der Waals surface area contributed by atoms with Crippen LogP contribution < -0.4 is 5.32 Å². The fraction of sp³-hybridized carbons (Fsp3) is 0.304. The molecule has 3 N–H and O–H groups in total. The molecule has 0 bridgehead atoms. The molecule has 8 heteroatoms. The summed E-state index contributed by atoms with van der Waals surface area (Å²) in [6.45, 7) is 2.34. The largest absolute Gasteiger partial charge is 0.381 e. The van der Waals surface area contributed by atoms with E-state index in [1.807, 2.05) is 42.5 Å². The summed E-state index contributed by atoms with van der Waals surface area (Å²) < 4.78 is 5.40. The van der Waals surface area contributed by atoms with Gasteiger partial charge in [-0.25, -0.2) is 4.98 Å². The van der Waals surface area contributed by atoms with Crippen LogP contribution in [0.2, 0.25) is 0 Å². The number of amides is 1. The van der Waals surface area contributed by atoms with E-state index < -0.39 is 0 Å². The van der Waals surface area contributed by atoms with E-state index in [1.165, 1.54) is 6.33 Å². The van der Waals surface area contributed by atoms with Crippen molar-refractivity contribution in [2.24, 2.45) is 5.92 Å². The number of hydrogen-bond acceptors (Lipinski definition) is 5. The van der Waals surface area contributed by atoms with Crippen LogP contribution in [0.25, 0.3) is 33.5 Å². The Morgan fingerprint density at radius 3 is 2.84 bits per heavy atom. The summed E-state index contributed by atoms with van der Waals surface area (Å²) in [5, 5.41) is 18.4. The van der Waals surface area contributed by atoms with Crippen LogP contribution in [0.5, 0.6) is 0 Å². The Balaban J connectivity index is 1.34. The third-order valence-corrected chi connectivity index (χ3v) is 5.83. The van der Waals surface area contributed by atoms with Gasteiger partial charge in [-0.2, -0.15) is 10.2 Å². The SMILES string of the molecule is O=C(NCCC1CCOCC1)c1cccc(-c2n[nH]c3ccc(-c4ncn[nH]4)cc23)c1. The molecule has 8 nitrogen and oxygen atoms in total. The number of H-pyrrole nitrogens is 2. The molecule has 1 aliphatic rings. The van der Waals surface area contributed by atoms with Crippen LogP contribution in [0.3, 0.4) is 0 Å². The van der Waals surface area contributed by atoms with Gasteiger partial charge in [0.1, 0.15) is 6.33 Å². The lowest BCUT2D eigenvalue weighted by molar-refractivity contribution is 0.0636. The predicted octanol–water partition coefficient (Wildman–Crippen LogP) is 3.56. The standard InChI is InChI=1S/C23H24N6O2/c30-23(24-9-6-15-7-10-31-11-8-15)18-3-1-2-16(12-18)21-19-13-17(22-25-14-26-29-22)4-5-20(19)27-28-21/h1-5,12-15H,6-11H2,(H,24,30)(H,27,28)(H,25,26,29). The first-order valence-electron chi connectivity index (χ1n) is 10.6. The molecule has 1 saturated heterocycles. The minimum atomic E-state index is -0.0592. The number of rotatable bonds is 6. The number of carbonyl (C=O) groups is 1. The molecule has 2 aromatic carbocycles. The normalized spacial score (nSPS) is 14.7. The average molecular weight is 416 g/mol. The smallest absolute Gasteiger partial charge is 0.251 e. The number of ether oxygens (including phenoxy) is 1. The first-order chi connectivity index (χ1) is 15.3. The Morgan fingerprint density at radius 2 is 2.00 bits per heavy atom. The van der Waals surface area contributed by atoms with E-state index in [1.54, 1.807) is 0 Å². The van der Waals surface area contributed by atoms with Crippen molar-refractivity contribution in [1.29, 1.82) is 0 Å². The van der Waals surface area contributed by atoms with Crippen molar-refractivity contribution in [3.63, 3.8) is 0 Å². The van der Waals surface area contributed by atoms with Crippen molar-refractivity contribution >= 4 is 16.8 Å². The van der Waals surface area contributed by atoms with Crippen LogP contribution >= 0.6 is 0 Å². The second-order valence-electron chi connectivity index (χ2n) is 7.85. The van der Waals surface area contributed by atoms with Crippen molar-refractivity contribution in [3.05, 3.63) is 54.4 Å². The molecule has 3 heterocycles. The minimum absolute atomic E-state index is 0.0592. The third-order valence-electron chi connectivity index (χ3n) is 5.83. The van der Waals surface area contributed by atoms with Gasteiger partial charge in [0.25, 0.3) is 5.91 Å². The van der Waals surface area contributed by atoms with Gasteiger partial charge in [0, 0.05) is 41.8 Å². The molecule has 158 valence electrons. The summed E-state index contributed by atoms with van der Waals surface area (Å²) in [5.74, 6) is 1.28. The summed E-state index contributed by atoms with van der Waals surface area (Å²) in [6.07, 6.45) is 4.63. The van der Waals surface area contributed by atoms with Gasteiger partial charge >= 0.3 is 0 Å². The summed E-state index contributed by atoms with van der Waals surface area (Å²) in [5.41, 5.74) is 4.16. The van der Waals surface area contributed by atoms with Crippen molar-refractivity contribution in [1.82, 2.24) is 30.7 Å². The molecule has 5 rings (SSSR count). The van der Waals surface area contributed by atoms with Crippen LogP contribution in [0.1, 0.15) is 29.6 Å². The number of benzene rings is 2. The monoisotopic (exact) mass is 416 g/mol. The second-order valence-corrected chi connectivity index (χ2v) is 7.85. The van der Waals surface area contributed by atoms with Gasteiger partial charge in [-0.05, 0) is 55.5 Å². The lowest BCUT2D eigenvalue weighted by Gasteiger charge is -2.21. The molecule has 1 fully saturated rings. The van der Waals surface area contributed by atoms with E-state index in [4.69, 9.17) is 4.74 Å². The summed E-state index contributed by atoms with van der Waals surface area (Å²) in [6, 6.07) is 13.5. The molecular formula is C23H24N6O2. The highest BCUT2D eigenvalue weighted by atomic mass is 16.5. The van der Waals surface area contributed by atoms with Crippen LogP contribution in [0.15, 0.2) is 48.8 Å². The van der Waals surface area contributed by atoms with Crippen molar-refractivity contribution in [3.8, 4) is 22.6 Å². The van der Waals surface area contributed by atoms with E-state index in [9.17, 15) is 4.79 Å². The quantitative estimate of drug-likeness (QED) is 0.445. The van der Waals surface area contributed by atoms with Gasteiger partial charge in [-0.15, -0.1) is 0 Å². The van der Waals surface area contributed by atoms with Crippen LogP contribution in [-0.2, 0) is 4.74 Å². The molecule has 0 aliphatic carbocycles. The number of nitrogens with zero attached hydrogens (tertiary/aromatic N) is 3. The highest BCUT2D eigenvalue weighted by Gasteiger charge is 2.15. The average Bonchev–Trinajstić information content (AvgIpc) is 3.50. The Hall–Kier alpha value is -3.52.